The smallest absolute Gasteiger partial charge is 0.163 e. The number of hydrogen-bond donors (Lipinski definition) is 1. The quantitative estimate of drug-likeness (QED) is 0.814. The molecule has 1 aliphatic carbocycles. The Hall–Kier alpha value is -1.64. The fourth-order valence-corrected chi connectivity index (χ4v) is 1.80. The van der Waals surface area contributed by atoms with Crippen molar-refractivity contribution in [2.75, 3.05) is 5.73 Å². The summed E-state index contributed by atoms with van der Waals surface area (Å²) in [6.07, 6.45) is 8.77. The summed E-state index contributed by atoms with van der Waals surface area (Å²) in [6, 6.07) is 1.73. The maximum atomic E-state index is 11.8. The fourth-order valence-electron chi connectivity index (χ4n) is 1.80. The zero-order valence-corrected chi connectivity index (χ0v) is 8.57. The first-order valence-electron chi connectivity index (χ1n) is 5.18. The van der Waals surface area contributed by atoms with Crippen molar-refractivity contribution in [3.8, 4) is 0 Å². The molecule has 0 saturated carbocycles. The van der Waals surface area contributed by atoms with Crippen LogP contribution in [-0.4, -0.2) is 10.8 Å². The molecule has 2 N–H and O–H groups in total. The van der Waals surface area contributed by atoms with E-state index in [1.807, 2.05) is 6.08 Å². The molecule has 0 aliphatic heterocycles. The van der Waals surface area contributed by atoms with Crippen LogP contribution in [0.3, 0.4) is 0 Å². The van der Waals surface area contributed by atoms with E-state index < -0.39 is 0 Å². The van der Waals surface area contributed by atoms with Crippen molar-refractivity contribution in [3.63, 3.8) is 0 Å². The first-order chi connectivity index (χ1) is 7.27. The molecular weight excluding hydrogens is 188 g/mol. The number of nitrogen functional groups attached to an aromatic ring is 1. The third-order valence-electron chi connectivity index (χ3n) is 2.69. The summed E-state index contributed by atoms with van der Waals surface area (Å²) in [5, 5.41) is 0. The zero-order chi connectivity index (χ0) is 10.7. The normalized spacial score (nSPS) is 15.1. The van der Waals surface area contributed by atoms with Gasteiger partial charge in [-0.25, -0.2) is 0 Å². The lowest BCUT2D eigenvalue weighted by Crippen LogP contribution is -2.07. The lowest BCUT2D eigenvalue weighted by Gasteiger charge is -2.04. The summed E-state index contributed by atoms with van der Waals surface area (Å²) in [5.74, 6) is 0.187. The van der Waals surface area contributed by atoms with Crippen molar-refractivity contribution in [1.29, 1.82) is 0 Å². The number of Topliss-reactive ketones (excluding diaryl/α,β-unsaturated/α-hetero) is 1. The lowest BCUT2D eigenvalue weighted by atomic mass is 10.0. The molecule has 1 aromatic heterocycles. The number of anilines is 1. The van der Waals surface area contributed by atoms with Crippen LogP contribution in [0.1, 0.15) is 24.8 Å². The van der Waals surface area contributed by atoms with Gasteiger partial charge in [0.25, 0.3) is 0 Å². The second kappa shape index (κ2) is 4.26. The van der Waals surface area contributed by atoms with E-state index in [0.29, 0.717) is 12.1 Å². The van der Waals surface area contributed by atoms with Gasteiger partial charge in [0.1, 0.15) is 0 Å². The molecule has 3 nitrogen and oxygen atoms in total. The molecule has 0 spiro atoms. The van der Waals surface area contributed by atoms with Gasteiger partial charge in [0.2, 0.25) is 0 Å². The van der Waals surface area contributed by atoms with Gasteiger partial charge in [-0.3, -0.25) is 9.78 Å². The first kappa shape index (κ1) is 9.90. The lowest BCUT2D eigenvalue weighted by molar-refractivity contribution is -0.115. The highest BCUT2D eigenvalue weighted by Gasteiger charge is 2.14. The molecular formula is C12H14N2O. The van der Waals surface area contributed by atoms with E-state index in [9.17, 15) is 4.79 Å². The van der Waals surface area contributed by atoms with Crippen LogP contribution >= 0.6 is 0 Å². The molecule has 2 rings (SSSR count). The molecule has 15 heavy (non-hydrogen) atoms. The number of hydrogen-bond acceptors (Lipinski definition) is 3. The topological polar surface area (TPSA) is 56.0 Å². The van der Waals surface area contributed by atoms with E-state index in [2.05, 4.69) is 4.98 Å². The molecule has 0 fully saturated rings. The molecule has 1 heterocycles. The number of carbonyl (C=O) groups is 1. The molecule has 0 atom stereocenters. The number of aromatic nitrogens is 1. The van der Waals surface area contributed by atoms with Crippen LogP contribution in [0.25, 0.3) is 0 Å². The van der Waals surface area contributed by atoms with Crippen LogP contribution in [-0.2, 0) is 11.2 Å². The van der Waals surface area contributed by atoms with Crippen LogP contribution in [0.5, 0.6) is 0 Å². The molecule has 0 unspecified atom stereocenters. The monoisotopic (exact) mass is 202 g/mol. The maximum absolute atomic E-state index is 11.8. The Morgan fingerprint density at radius 2 is 2.40 bits per heavy atom. The Kier molecular flexibility index (Phi) is 2.81. The molecule has 0 radical (unpaired) electrons. The molecule has 1 aromatic rings. The van der Waals surface area contributed by atoms with Gasteiger partial charge < -0.3 is 5.73 Å². The minimum Gasteiger partial charge on any atom is -0.398 e. The average molecular weight is 202 g/mol. The van der Waals surface area contributed by atoms with Gasteiger partial charge in [-0.1, -0.05) is 6.08 Å². The maximum Gasteiger partial charge on any atom is 0.163 e. The average Bonchev–Trinajstić information content (AvgIpc) is 2.74. The highest BCUT2D eigenvalue weighted by Crippen LogP contribution is 2.21. The van der Waals surface area contributed by atoms with Gasteiger partial charge in [0.05, 0.1) is 0 Å². The molecule has 78 valence electrons. The van der Waals surface area contributed by atoms with Crippen LogP contribution in [0.2, 0.25) is 0 Å². The van der Waals surface area contributed by atoms with Crippen LogP contribution in [0.15, 0.2) is 30.1 Å². The summed E-state index contributed by atoms with van der Waals surface area (Å²) in [6.45, 7) is 0. The molecule has 1 aliphatic rings. The van der Waals surface area contributed by atoms with Gasteiger partial charge in [-0.15, -0.1) is 0 Å². The summed E-state index contributed by atoms with van der Waals surface area (Å²) in [5.41, 5.74) is 8.19. The minimum atomic E-state index is 0.187. The van der Waals surface area contributed by atoms with Crippen LogP contribution in [0, 0.1) is 0 Å². The minimum absolute atomic E-state index is 0.187. The highest BCUT2D eigenvalue weighted by molar-refractivity contribution is 5.97. The second-order valence-corrected chi connectivity index (χ2v) is 3.80. The standard InChI is InChI=1S/C12H14N2O/c13-11-5-6-14-8-10(11)7-12(15)9-3-1-2-4-9/h3,5-6,8H,1-2,4,7H2,(H2,13,14). The molecule has 3 heteroatoms. The van der Waals surface area contributed by atoms with Crippen molar-refractivity contribution in [3.05, 3.63) is 35.7 Å². The third kappa shape index (κ3) is 2.24. The Labute approximate surface area is 89.0 Å². The van der Waals surface area contributed by atoms with Crippen molar-refractivity contribution in [2.24, 2.45) is 0 Å². The fraction of sp³-hybridized carbons (Fsp3) is 0.333. The van der Waals surface area contributed by atoms with Gasteiger partial charge in [-0.05, 0) is 30.9 Å². The predicted molar refractivity (Wildman–Crippen MR) is 59.3 cm³/mol. The van der Waals surface area contributed by atoms with Crippen molar-refractivity contribution >= 4 is 11.5 Å². The molecule has 0 saturated heterocycles. The van der Waals surface area contributed by atoms with E-state index in [-0.39, 0.29) is 5.78 Å². The summed E-state index contributed by atoms with van der Waals surface area (Å²) in [4.78, 5) is 15.8. The van der Waals surface area contributed by atoms with E-state index in [1.165, 1.54) is 0 Å². The number of ketones is 1. The van der Waals surface area contributed by atoms with Crippen molar-refractivity contribution < 1.29 is 4.79 Å². The number of nitrogens with two attached hydrogens (primary N) is 1. The summed E-state index contributed by atoms with van der Waals surface area (Å²) < 4.78 is 0. The SMILES string of the molecule is Nc1ccncc1CC(=O)C1=CCCC1. The number of nitrogens with zero attached hydrogens (tertiary/aromatic N) is 1. The predicted octanol–water partition coefficient (Wildman–Crippen LogP) is 1.89. The Balaban J connectivity index is 2.09. The Bertz CT molecular complexity index is 410. The van der Waals surface area contributed by atoms with Crippen LogP contribution < -0.4 is 5.73 Å². The molecule has 0 aromatic carbocycles. The van der Waals surface area contributed by atoms with Crippen molar-refractivity contribution in [2.45, 2.75) is 25.7 Å². The first-order valence-corrected chi connectivity index (χ1v) is 5.18. The summed E-state index contributed by atoms with van der Waals surface area (Å²) >= 11 is 0. The van der Waals surface area contributed by atoms with Gasteiger partial charge in [0, 0.05) is 30.1 Å². The Morgan fingerprint density at radius 1 is 1.53 bits per heavy atom. The highest BCUT2D eigenvalue weighted by atomic mass is 16.1. The number of pyridine rings is 1. The van der Waals surface area contributed by atoms with E-state index in [4.69, 9.17) is 5.73 Å². The summed E-state index contributed by atoms with van der Waals surface area (Å²) in [7, 11) is 0. The van der Waals surface area contributed by atoms with Crippen LogP contribution in [0.4, 0.5) is 5.69 Å². The number of allylic oxidation sites excluding steroid dienone is 2. The van der Waals surface area contributed by atoms with E-state index >= 15 is 0 Å². The van der Waals surface area contributed by atoms with Crippen molar-refractivity contribution in [1.82, 2.24) is 4.98 Å². The number of carbonyl (C=O) groups excluding carboxylic acids is 1. The van der Waals surface area contributed by atoms with E-state index in [1.54, 1.807) is 18.5 Å². The largest absolute Gasteiger partial charge is 0.398 e. The molecule has 0 amide bonds. The van der Waals surface area contributed by atoms with E-state index in [0.717, 1.165) is 30.4 Å². The number of rotatable bonds is 3. The second-order valence-electron chi connectivity index (χ2n) is 3.80. The van der Waals surface area contributed by atoms with Gasteiger partial charge in [-0.2, -0.15) is 0 Å². The Morgan fingerprint density at radius 3 is 3.07 bits per heavy atom. The molecule has 0 bridgehead atoms. The zero-order valence-electron chi connectivity index (χ0n) is 8.57. The third-order valence-corrected chi connectivity index (χ3v) is 2.69. The van der Waals surface area contributed by atoms with Gasteiger partial charge >= 0.3 is 0 Å². The van der Waals surface area contributed by atoms with Gasteiger partial charge in [0.15, 0.2) is 5.78 Å².